The van der Waals surface area contributed by atoms with Gasteiger partial charge in [0.15, 0.2) is 5.69 Å². The molecule has 0 saturated carbocycles. The molecule has 0 fully saturated rings. The fourth-order valence-corrected chi connectivity index (χ4v) is 6.71. The summed E-state index contributed by atoms with van der Waals surface area (Å²) in [6, 6.07) is 43.3. The standard InChI is InChI=1S/C38H20N4O/c1-40-24-14-17-34-31(20-24)37-35(18-15-29-28-10-3-5-12-36(28)43-38(29)37)42(34)26-8-6-7-25(21-26)41-32-11-4-2-9-27(32)30-19-23(22-39)13-16-33(30)41/h2-21H. The van der Waals surface area contributed by atoms with Gasteiger partial charge >= 0.3 is 0 Å². The van der Waals surface area contributed by atoms with Crippen molar-refractivity contribution in [2.75, 3.05) is 0 Å². The Kier molecular flexibility index (Phi) is 4.68. The van der Waals surface area contributed by atoms with Crippen LogP contribution in [0.15, 0.2) is 126 Å². The molecule has 0 amide bonds. The summed E-state index contributed by atoms with van der Waals surface area (Å²) in [5.41, 5.74) is 9.09. The Morgan fingerprint density at radius 2 is 1.28 bits per heavy atom. The SMILES string of the molecule is [C-]#[N+]c1ccc2c(c1)c1c3oc4ccccc4c3ccc1n2-c1cccc(-n2c3ccccc3c3cc(C#N)ccc32)c1. The van der Waals surface area contributed by atoms with Crippen molar-refractivity contribution >= 4 is 71.2 Å². The van der Waals surface area contributed by atoms with Gasteiger partial charge in [0.1, 0.15) is 11.2 Å². The maximum absolute atomic E-state index is 9.57. The predicted molar refractivity (Wildman–Crippen MR) is 173 cm³/mol. The zero-order chi connectivity index (χ0) is 28.7. The molecule has 0 bridgehead atoms. The number of benzene rings is 6. The molecular formula is C38H20N4O. The van der Waals surface area contributed by atoms with Crippen molar-refractivity contribution in [3.8, 4) is 17.4 Å². The van der Waals surface area contributed by atoms with E-state index in [2.05, 4.69) is 74.6 Å². The van der Waals surface area contributed by atoms with Crippen LogP contribution < -0.4 is 0 Å². The highest BCUT2D eigenvalue weighted by Gasteiger charge is 2.20. The molecule has 0 atom stereocenters. The van der Waals surface area contributed by atoms with E-state index in [1.807, 2.05) is 66.7 Å². The number of hydrogen-bond acceptors (Lipinski definition) is 2. The van der Waals surface area contributed by atoms with Crippen LogP contribution in [-0.4, -0.2) is 9.13 Å². The summed E-state index contributed by atoms with van der Waals surface area (Å²) in [6.07, 6.45) is 0. The van der Waals surface area contributed by atoms with Crippen molar-refractivity contribution in [3.63, 3.8) is 0 Å². The van der Waals surface area contributed by atoms with Crippen LogP contribution in [0.2, 0.25) is 0 Å². The molecule has 5 nitrogen and oxygen atoms in total. The van der Waals surface area contributed by atoms with Crippen LogP contribution in [0.25, 0.3) is 81.8 Å². The van der Waals surface area contributed by atoms with E-state index in [1.165, 1.54) is 0 Å². The monoisotopic (exact) mass is 548 g/mol. The third-order valence-electron chi connectivity index (χ3n) is 8.53. The molecule has 0 spiro atoms. The third-order valence-corrected chi connectivity index (χ3v) is 8.53. The lowest BCUT2D eigenvalue weighted by atomic mass is 10.1. The molecule has 198 valence electrons. The smallest absolute Gasteiger partial charge is 0.188 e. The van der Waals surface area contributed by atoms with Crippen LogP contribution in [0, 0.1) is 17.9 Å². The summed E-state index contributed by atoms with van der Waals surface area (Å²) in [7, 11) is 0. The van der Waals surface area contributed by atoms with Gasteiger partial charge in [-0.05, 0) is 72.8 Å². The molecule has 5 heteroatoms. The van der Waals surface area contributed by atoms with Crippen molar-refractivity contribution < 1.29 is 4.42 Å². The lowest BCUT2D eigenvalue weighted by Gasteiger charge is -2.13. The number of furan rings is 1. The molecule has 0 radical (unpaired) electrons. The highest BCUT2D eigenvalue weighted by atomic mass is 16.3. The number of nitrogens with zero attached hydrogens (tertiary/aromatic N) is 4. The normalized spacial score (nSPS) is 11.7. The van der Waals surface area contributed by atoms with Gasteiger partial charge in [0, 0.05) is 43.7 Å². The van der Waals surface area contributed by atoms with Crippen LogP contribution in [0.5, 0.6) is 0 Å². The van der Waals surface area contributed by atoms with E-state index in [0.29, 0.717) is 11.3 Å². The zero-order valence-corrected chi connectivity index (χ0v) is 22.7. The van der Waals surface area contributed by atoms with Crippen LogP contribution >= 0.6 is 0 Å². The molecule has 43 heavy (non-hydrogen) atoms. The Balaban J connectivity index is 1.36. The molecule has 0 aliphatic heterocycles. The van der Waals surface area contributed by atoms with Gasteiger partial charge in [-0.25, -0.2) is 4.85 Å². The number of rotatable bonds is 2. The van der Waals surface area contributed by atoms with Crippen molar-refractivity contribution in [3.05, 3.63) is 138 Å². The first-order valence-corrected chi connectivity index (χ1v) is 14.0. The van der Waals surface area contributed by atoms with E-state index in [-0.39, 0.29) is 0 Å². The van der Waals surface area contributed by atoms with Crippen molar-refractivity contribution in [2.45, 2.75) is 0 Å². The van der Waals surface area contributed by atoms with Crippen LogP contribution in [0.3, 0.4) is 0 Å². The molecule has 0 aliphatic carbocycles. The number of fused-ring (bicyclic) bond motifs is 10. The van der Waals surface area contributed by atoms with Gasteiger partial charge in [0.05, 0.1) is 40.3 Å². The summed E-state index contributed by atoms with van der Waals surface area (Å²) in [4.78, 5) is 3.74. The molecular weight excluding hydrogens is 528 g/mol. The second kappa shape index (κ2) is 8.60. The molecule has 0 unspecified atom stereocenters. The highest BCUT2D eigenvalue weighted by molar-refractivity contribution is 6.24. The molecule has 9 aromatic rings. The predicted octanol–water partition coefficient (Wildman–Crippen LogP) is 10.2. The lowest BCUT2D eigenvalue weighted by Crippen LogP contribution is -1.98. The van der Waals surface area contributed by atoms with Crippen molar-refractivity contribution in [1.29, 1.82) is 5.26 Å². The largest absolute Gasteiger partial charge is 0.455 e. The van der Waals surface area contributed by atoms with Gasteiger partial charge in [0.2, 0.25) is 0 Å². The topological polar surface area (TPSA) is 51.1 Å². The summed E-state index contributed by atoms with van der Waals surface area (Å²) < 4.78 is 11.0. The van der Waals surface area contributed by atoms with Gasteiger partial charge in [0.25, 0.3) is 0 Å². The van der Waals surface area contributed by atoms with Gasteiger partial charge in [-0.3, -0.25) is 0 Å². The van der Waals surface area contributed by atoms with E-state index in [4.69, 9.17) is 11.0 Å². The maximum Gasteiger partial charge on any atom is 0.188 e. The molecule has 9 rings (SSSR count). The Hall–Kier alpha value is -6.30. The minimum Gasteiger partial charge on any atom is -0.455 e. The number of aromatic nitrogens is 2. The first kappa shape index (κ1) is 23.4. The van der Waals surface area contributed by atoms with Gasteiger partial charge in [-0.15, -0.1) is 0 Å². The van der Waals surface area contributed by atoms with Crippen molar-refractivity contribution in [1.82, 2.24) is 9.13 Å². The fraction of sp³-hybridized carbons (Fsp3) is 0. The summed E-state index contributed by atoms with van der Waals surface area (Å²) in [5, 5.41) is 15.9. The van der Waals surface area contributed by atoms with E-state index >= 15 is 0 Å². The van der Waals surface area contributed by atoms with E-state index < -0.39 is 0 Å². The minimum absolute atomic E-state index is 0.593. The molecule has 0 aliphatic rings. The second-order valence-corrected chi connectivity index (χ2v) is 10.8. The first-order valence-electron chi connectivity index (χ1n) is 14.0. The van der Waals surface area contributed by atoms with E-state index in [9.17, 15) is 5.26 Å². The Labute approximate surface area is 245 Å². The molecule has 0 saturated heterocycles. The van der Waals surface area contributed by atoms with E-state index in [0.717, 1.165) is 76.9 Å². The van der Waals surface area contributed by atoms with Crippen LogP contribution in [-0.2, 0) is 0 Å². The zero-order valence-electron chi connectivity index (χ0n) is 22.7. The number of nitriles is 1. The minimum atomic E-state index is 0.593. The third kappa shape index (κ3) is 3.19. The fourth-order valence-electron chi connectivity index (χ4n) is 6.71. The summed E-state index contributed by atoms with van der Waals surface area (Å²) >= 11 is 0. The van der Waals surface area contributed by atoms with Gasteiger partial charge in [-0.2, -0.15) is 5.26 Å². The molecule has 0 N–H and O–H groups in total. The summed E-state index contributed by atoms with van der Waals surface area (Å²) in [6.45, 7) is 7.69. The molecule has 3 heterocycles. The van der Waals surface area contributed by atoms with Crippen LogP contribution in [0.4, 0.5) is 5.69 Å². The van der Waals surface area contributed by atoms with E-state index in [1.54, 1.807) is 0 Å². The maximum atomic E-state index is 9.57. The quantitative estimate of drug-likeness (QED) is 0.202. The lowest BCUT2D eigenvalue weighted by molar-refractivity contribution is 0.673. The number of para-hydroxylation sites is 2. The molecule has 6 aromatic carbocycles. The van der Waals surface area contributed by atoms with Crippen molar-refractivity contribution in [2.24, 2.45) is 0 Å². The average molecular weight is 549 g/mol. The van der Waals surface area contributed by atoms with Crippen LogP contribution in [0.1, 0.15) is 5.56 Å². The highest BCUT2D eigenvalue weighted by Crippen LogP contribution is 2.42. The first-order chi connectivity index (χ1) is 21.2. The Morgan fingerprint density at radius 1 is 0.581 bits per heavy atom. The molecule has 3 aromatic heterocycles. The average Bonchev–Trinajstić information content (AvgIpc) is 3.71. The second-order valence-electron chi connectivity index (χ2n) is 10.8. The summed E-state index contributed by atoms with van der Waals surface area (Å²) in [5.74, 6) is 0. The van der Waals surface area contributed by atoms with Gasteiger partial charge < -0.3 is 13.6 Å². The number of hydrogen-bond donors (Lipinski definition) is 0. The Bertz CT molecular complexity index is 2710. The Morgan fingerprint density at radius 3 is 2.12 bits per heavy atom. The van der Waals surface area contributed by atoms with Gasteiger partial charge in [-0.1, -0.05) is 48.5 Å².